The first-order valence-corrected chi connectivity index (χ1v) is 11.6. The fourth-order valence-electron chi connectivity index (χ4n) is 5.10. The Labute approximate surface area is 197 Å². The van der Waals surface area contributed by atoms with Gasteiger partial charge in [-0.15, -0.1) is 0 Å². The van der Waals surface area contributed by atoms with Crippen LogP contribution in [0.3, 0.4) is 0 Å². The molecular weight excluding hydrogens is 452 g/mol. The molecule has 0 aromatic heterocycles. The molecule has 0 bridgehead atoms. The SMILES string of the molecule is C/C=C(/C(=O)O)C(=O)c1cc(F)c(N2CC3C(F)(F)CCC3(N)C2)c(C)c1C.CCC1CC1F. The molecule has 3 aliphatic rings. The summed E-state index contributed by atoms with van der Waals surface area (Å²) in [6.07, 6.45) is 2.48. The van der Waals surface area contributed by atoms with E-state index in [1.165, 1.54) is 11.8 Å². The number of rotatable bonds is 5. The Morgan fingerprint density at radius 3 is 2.32 bits per heavy atom. The van der Waals surface area contributed by atoms with Crippen molar-refractivity contribution in [1.82, 2.24) is 0 Å². The number of allylic oxidation sites excluding steroid dienone is 1. The third-order valence-electron chi connectivity index (χ3n) is 7.52. The molecule has 0 amide bonds. The van der Waals surface area contributed by atoms with Crippen molar-refractivity contribution < 1.29 is 32.3 Å². The van der Waals surface area contributed by atoms with Gasteiger partial charge in [-0.2, -0.15) is 0 Å². The lowest BCUT2D eigenvalue weighted by Crippen LogP contribution is -2.47. The molecule has 1 aromatic rings. The lowest BCUT2D eigenvalue weighted by molar-refractivity contribution is -0.132. The second kappa shape index (κ2) is 9.32. The van der Waals surface area contributed by atoms with E-state index >= 15 is 0 Å². The van der Waals surface area contributed by atoms with Crippen molar-refractivity contribution in [2.24, 2.45) is 17.6 Å². The Morgan fingerprint density at radius 2 is 1.88 bits per heavy atom. The molecule has 1 aromatic carbocycles. The van der Waals surface area contributed by atoms with Crippen LogP contribution in [0.15, 0.2) is 17.7 Å². The van der Waals surface area contributed by atoms with E-state index in [-0.39, 0.29) is 37.2 Å². The Morgan fingerprint density at radius 1 is 1.26 bits per heavy atom. The first-order chi connectivity index (χ1) is 15.8. The molecule has 2 saturated carbocycles. The maximum atomic E-state index is 15.0. The number of carbonyl (C=O) groups excluding carboxylic acids is 1. The van der Waals surface area contributed by atoms with Crippen molar-refractivity contribution >= 4 is 17.4 Å². The van der Waals surface area contributed by atoms with E-state index in [0.717, 1.165) is 25.0 Å². The minimum Gasteiger partial charge on any atom is -0.478 e. The number of hydrogen-bond acceptors (Lipinski definition) is 4. The predicted octanol–water partition coefficient (Wildman–Crippen LogP) is 4.97. The third kappa shape index (κ3) is 4.72. The minimum atomic E-state index is -2.89. The molecule has 2 aliphatic carbocycles. The van der Waals surface area contributed by atoms with Gasteiger partial charge in [-0.3, -0.25) is 4.79 Å². The molecule has 9 heteroatoms. The van der Waals surface area contributed by atoms with Gasteiger partial charge >= 0.3 is 5.97 Å². The second-order valence-electron chi connectivity index (χ2n) is 9.69. The monoisotopic (exact) mass is 484 g/mol. The molecule has 0 spiro atoms. The van der Waals surface area contributed by atoms with Crippen molar-refractivity contribution in [2.45, 2.75) is 71.0 Å². The molecular formula is C25H32F4N2O3. The van der Waals surface area contributed by atoms with Crippen LogP contribution in [-0.2, 0) is 4.79 Å². The fourth-order valence-corrected chi connectivity index (χ4v) is 5.10. The van der Waals surface area contributed by atoms with E-state index in [0.29, 0.717) is 17.0 Å². The number of Topliss-reactive ketones (excluding diaryl/α,β-unsaturated/α-hetero) is 1. The topological polar surface area (TPSA) is 83.6 Å². The van der Waals surface area contributed by atoms with Gasteiger partial charge in [0.1, 0.15) is 17.6 Å². The van der Waals surface area contributed by atoms with Gasteiger partial charge in [-0.05, 0) is 56.7 Å². The Hall–Kier alpha value is -2.42. The average molecular weight is 485 g/mol. The standard InChI is InChI=1S/C20H23F3N2O3.C5H9F/c1-4-12(18(27)28)17(26)13-7-14(21)16(11(3)10(13)2)25-8-15-19(24,9-25)5-6-20(15,22)23;1-2-4-3-5(4)6/h4,7,15H,5-6,8-9,24H2,1-3H3,(H,27,28);4-5H,2-3H2,1H3/b12-4+;. The molecule has 0 radical (unpaired) electrons. The molecule has 1 heterocycles. The van der Waals surface area contributed by atoms with E-state index in [9.17, 15) is 27.2 Å². The molecule has 4 unspecified atom stereocenters. The Balaban J connectivity index is 0.000000469. The van der Waals surface area contributed by atoms with Crippen LogP contribution in [-0.4, -0.2) is 47.6 Å². The van der Waals surface area contributed by atoms with Gasteiger partial charge in [0.15, 0.2) is 5.78 Å². The van der Waals surface area contributed by atoms with Crippen LogP contribution in [0.2, 0.25) is 0 Å². The van der Waals surface area contributed by atoms with Crippen LogP contribution in [0.4, 0.5) is 23.2 Å². The first kappa shape index (κ1) is 26.2. The van der Waals surface area contributed by atoms with Crippen molar-refractivity contribution in [3.63, 3.8) is 0 Å². The summed E-state index contributed by atoms with van der Waals surface area (Å²) in [6, 6.07) is 0.988. The molecule has 4 atom stereocenters. The largest absolute Gasteiger partial charge is 0.478 e. The number of aliphatic carboxylic acids is 1. The number of anilines is 1. The number of nitrogens with zero attached hydrogens (tertiary/aromatic N) is 1. The molecule has 4 rings (SSSR count). The molecule has 3 fully saturated rings. The zero-order valence-electron chi connectivity index (χ0n) is 19.9. The van der Waals surface area contributed by atoms with Crippen molar-refractivity contribution in [1.29, 1.82) is 0 Å². The van der Waals surface area contributed by atoms with Gasteiger partial charge in [0.05, 0.1) is 11.6 Å². The van der Waals surface area contributed by atoms with E-state index < -0.39 is 46.7 Å². The zero-order valence-corrected chi connectivity index (χ0v) is 19.9. The number of hydrogen-bond donors (Lipinski definition) is 2. The summed E-state index contributed by atoms with van der Waals surface area (Å²) in [6.45, 7) is 6.67. The summed E-state index contributed by atoms with van der Waals surface area (Å²) in [4.78, 5) is 25.3. The van der Waals surface area contributed by atoms with Crippen LogP contribution >= 0.6 is 0 Å². The van der Waals surface area contributed by atoms with Crippen LogP contribution in [0.1, 0.15) is 61.0 Å². The lowest BCUT2D eigenvalue weighted by atomic mass is 9.91. The summed E-state index contributed by atoms with van der Waals surface area (Å²) in [7, 11) is 0. The number of carboxylic acid groups (broad SMARTS) is 1. The van der Waals surface area contributed by atoms with Gasteiger partial charge in [0.2, 0.25) is 0 Å². The first-order valence-electron chi connectivity index (χ1n) is 11.6. The number of fused-ring (bicyclic) bond motifs is 1. The Kier molecular flexibility index (Phi) is 7.18. The summed E-state index contributed by atoms with van der Waals surface area (Å²) < 4.78 is 55.1. The van der Waals surface area contributed by atoms with E-state index in [1.807, 2.05) is 6.92 Å². The van der Waals surface area contributed by atoms with Crippen molar-refractivity contribution in [3.8, 4) is 0 Å². The highest BCUT2D eigenvalue weighted by atomic mass is 19.3. The van der Waals surface area contributed by atoms with Crippen molar-refractivity contribution in [2.75, 3.05) is 18.0 Å². The highest BCUT2D eigenvalue weighted by Gasteiger charge is 2.61. The quantitative estimate of drug-likeness (QED) is 0.203. The van der Waals surface area contributed by atoms with E-state index in [2.05, 4.69) is 0 Å². The molecule has 1 saturated heterocycles. The number of benzene rings is 1. The highest BCUT2D eigenvalue weighted by Crippen LogP contribution is 2.51. The van der Waals surface area contributed by atoms with Gasteiger partial charge in [-0.1, -0.05) is 19.4 Å². The van der Waals surface area contributed by atoms with Crippen molar-refractivity contribution in [3.05, 3.63) is 40.2 Å². The maximum absolute atomic E-state index is 15.0. The van der Waals surface area contributed by atoms with Gasteiger partial charge < -0.3 is 15.7 Å². The van der Waals surface area contributed by atoms with Crippen LogP contribution in [0, 0.1) is 31.5 Å². The number of halogens is 4. The average Bonchev–Trinajstić information content (AvgIpc) is 3.29. The smallest absolute Gasteiger partial charge is 0.339 e. The summed E-state index contributed by atoms with van der Waals surface area (Å²) >= 11 is 0. The number of carboxylic acids is 1. The highest BCUT2D eigenvalue weighted by molar-refractivity contribution is 6.24. The van der Waals surface area contributed by atoms with E-state index in [4.69, 9.17) is 10.8 Å². The maximum Gasteiger partial charge on any atom is 0.339 e. The van der Waals surface area contributed by atoms with Crippen LogP contribution in [0.5, 0.6) is 0 Å². The van der Waals surface area contributed by atoms with Gasteiger partial charge in [-0.25, -0.2) is 22.4 Å². The number of carbonyl (C=O) groups is 2. The van der Waals surface area contributed by atoms with Gasteiger partial charge in [0.25, 0.3) is 5.92 Å². The van der Waals surface area contributed by atoms with Crippen LogP contribution < -0.4 is 10.6 Å². The summed E-state index contributed by atoms with van der Waals surface area (Å²) in [5.74, 6) is -6.44. The molecule has 1 aliphatic heterocycles. The van der Waals surface area contributed by atoms with Gasteiger partial charge in [0, 0.05) is 30.6 Å². The normalized spacial score (nSPS) is 29.4. The second-order valence-corrected chi connectivity index (χ2v) is 9.69. The fraction of sp³-hybridized carbons (Fsp3) is 0.600. The minimum absolute atomic E-state index is 0.0542. The summed E-state index contributed by atoms with van der Waals surface area (Å²) in [5, 5.41) is 9.16. The van der Waals surface area contributed by atoms with Crippen LogP contribution in [0.25, 0.3) is 0 Å². The van der Waals surface area contributed by atoms with E-state index in [1.54, 1.807) is 13.8 Å². The zero-order chi connectivity index (χ0) is 25.6. The number of ketones is 1. The Bertz CT molecular complexity index is 1020. The number of nitrogens with two attached hydrogens (primary N) is 1. The lowest BCUT2D eigenvalue weighted by Gasteiger charge is -2.26. The number of alkyl halides is 3. The predicted molar refractivity (Wildman–Crippen MR) is 122 cm³/mol. The molecule has 188 valence electrons. The molecule has 3 N–H and O–H groups in total. The molecule has 5 nitrogen and oxygen atoms in total. The third-order valence-corrected chi connectivity index (χ3v) is 7.52. The summed E-state index contributed by atoms with van der Waals surface area (Å²) in [5.41, 5.74) is 5.59. The molecule has 34 heavy (non-hydrogen) atoms.